The SMILES string of the molecule is COC(=O)c1scc(-c2cccs2)c1NC(=O)C(C)(C)CCl. The number of thiophene rings is 2. The second kappa shape index (κ2) is 6.81. The van der Waals surface area contributed by atoms with E-state index >= 15 is 0 Å². The monoisotopic (exact) mass is 357 g/mol. The fourth-order valence-corrected chi connectivity index (χ4v) is 3.57. The van der Waals surface area contributed by atoms with Gasteiger partial charge in [-0.15, -0.1) is 34.3 Å². The molecule has 2 aromatic rings. The number of alkyl halides is 1. The largest absolute Gasteiger partial charge is 0.465 e. The molecule has 0 bridgehead atoms. The van der Waals surface area contributed by atoms with Crippen molar-refractivity contribution < 1.29 is 14.3 Å². The Bertz CT molecular complexity index is 677. The fraction of sp³-hybridized carbons (Fsp3) is 0.333. The average Bonchev–Trinajstić information content (AvgIpc) is 3.15. The van der Waals surface area contributed by atoms with Crippen LogP contribution in [0.2, 0.25) is 0 Å². The quantitative estimate of drug-likeness (QED) is 0.634. The van der Waals surface area contributed by atoms with Crippen molar-refractivity contribution in [2.75, 3.05) is 18.3 Å². The van der Waals surface area contributed by atoms with Gasteiger partial charge >= 0.3 is 5.97 Å². The van der Waals surface area contributed by atoms with E-state index in [2.05, 4.69) is 5.32 Å². The van der Waals surface area contributed by atoms with Gasteiger partial charge in [-0.2, -0.15) is 0 Å². The molecule has 0 aliphatic heterocycles. The molecule has 0 atom stereocenters. The molecule has 0 fully saturated rings. The maximum absolute atomic E-state index is 12.4. The number of ether oxygens (including phenoxy) is 1. The van der Waals surface area contributed by atoms with Crippen LogP contribution in [-0.4, -0.2) is 24.9 Å². The molecule has 22 heavy (non-hydrogen) atoms. The Labute approximate surface area is 142 Å². The third-order valence-corrected chi connectivity index (χ3v) is 5.67. The first kappa shape index (κ1) is 17.0. The lowest BCUT2D eigenvalue weighted by Gasteiger charge is -2.21. The molecule has 2 rings (SSSR count). The third-order valence-electron chi connectivity index (χ3n) is 3.14. The fourth-order valence-electron chi connectivity index (χ4n) is 1.68. The van der Waals surface area contributed by atoms with Crippen LogP contribution in [-0.2, 0) is 9.53 Å². The van der Waals surface area contributed by atoms with Crippen LogP contribution in [0.1, 0.15) is 23.5 Å². The average molecular weight is 358 g/mol. The number of anilines is 1. The van der Waals surface area contributed by atoms with E-state index in [0.717, 1.165) is 10.4 Å². The molecule has 0 radical (unpaired) electrons. The number of halogens is 1. The van der Waals surface area contributed by atoms with E-state index < -0.39 is 11.4 Å². The molecule has 0 aliphatic rings. The van der Waals surface area contributed by atoms with Crippen LogP contribution >= 0.6 is 34.3 Å². The lowest BCUT2D eigenvalue weighted by Crippen LogP contribution is -2.32. The van der Waals surface area contributed by atoms with Gasteiger partial charge in [-0.25, -0.2) is 4.79 Å². The number of hydrogen-bond donors (Lipinski definition) is 1. The van der Waals surface area contributed by atoms with Crippen molar-refractivity contribution in [3.8, 4) is 10.4 Å². The van der Waals surface area contributed by atoms with Crippen molar-refractivity contribution >= 4 is 51.8 Å². The maximum Gasteiger partial charge on any atom is 0.350 e. The highest BCUT2D eigenvalue weighted by atomic mass is 35.5. The highest BCUT2D eigenvalue weighted by molar-refractivity contribution is 7.15. The minimum atomic E-state index is -0.733. The molecular formula is C15H16ClNO3S2. The lowest BCUT2D eigenvalue weighted by molar-refractivity contribution is -0.122. The summed E-state index contributed by atoms with van der Waals surface area (Å²) in [5.41, 5.74) is 0.575. The topological polar surface area (TPSA) is 55.4 Å². The summed E-state index contributed by atoms with van der Waals surface area (Å²) in [5, 5.41) is 6.64. The number of esters is 1. The molecule has 2 heterocycles. The molecule has 2 aromatic heterocycles. The van der Waals surface area contributed by atoms with E-state index in [1.165, 1.54) is 18.4 Å². The Hall–Kier alpha value is -1.37. The van der Waals surface area contributed by atoms with Gasteiger partial charge in [0, 0.05) is 21.7 Å². The highest BCUT2D eigenvalue weighted by Gasteiger charge is 2.30. The van der Waals surface area contributed by atoms with Crippen molar-refractivity contribution in [2.45, 2.75) is 13.8 Å². The standard InChI is InChI=1S/C15H16ClNO3S2/c1-15(2,8-16)14(19)17-11-9(10-5-4-6-21-10)7-22-12(11)13(18)20-3/h4-7H,8H2,1-3H3,(H,17,19). The van der Waals surface area contributed by atoms with Crippen LogP contribution in [0.4, 0.5) is 5.69 Å². The summed E-state index contributed by atoms with van der Waals surface area (Å²) in [5.74, 6) is -0.513. The van der Waals surface area contributed by atoms with Gasteiger partial charge in [0.1, 0.15) is 4.88 Å². The summed E-state index contributed by atoms with van der Waals surface area (Å²) < 4.78 is 4.80. The molecule has 0 spiro atoms. The summed E-state index contributed by atoms with van der Waals surface area (Å²) in [6.07, 6.45) is 0. The van der Waals surface area contributed by atoms with Gasteiger partial charge in [-0.1, -0.05) is 6.07 Å². The van der Waals surface area contributed by atoms with Crippen LogP contribution in [0.3, 0.4) is 0 Å². The molecule has 0 aliphatic carbocycles. The van der Waals surface area contributed by atoms with Gasteiger partial charge in [0.25, 0.3) is 0 Å². The molecule has 0 unspecified atom stereocenters. The second-order valence-corrected chi connectivity index (χ2v) is 7.39. The Morgan fingerprint density at radius 3 is 2.64 bits per heavy atom. The molecular weight excluding hydrogens is 342 g/mol. The highest BCUT2D eigenvalue weighted by Crippen LogP contribution is 2.39. The van der Waals surface area contributed by atoms with E-state index in [1.807, 2.05) is 22.9 Å². The molecule has 4 nitrogen and oxygen atoms in total. The van der Waals surface area contributed by atoms with Gasteiger partial charge < -0.3 is 10.1 Å². The predicted octanol–water partition coefficient (Wildman–Crippen LogP) is 4.47. The molecule has 7 heteroatoms. The van der Waals surface area contributed by atoms with E-state index in [9.17, 15) is 9.59 Å². The second-order valence-electron chi connectivity index (χ2n) is 5.29. The molecule has 118 valence electrons. The van der Waals surface area contributed by atoms with Gasteiger partial charge in [0.2, 0.25) is 5.91 Å². The van der Waals surface area contributed by atoms with Gasteiger partial charge in [0.05, 0.1) is 18.2 Å². The first-order valence-corrected chi connectivity index (χ1v) is 8.81. The Morgan fingerprint density at radius 2 is 2.09 bits per heavy atom. The number of methoxy groups -OCH3 is 1. The van der Waals surface area contributed by atoms with Crippen molar-refractivity contribution in [2.24, 2.45) is 5.41 Å². The molecule has 0 saturated heterocycles. The molecule has 0 saturated carbocycles. The molecule has 1 amide bonds. The van der Waals surface area contributed by atoms with Crippen molar-refractivity contribution in [3.63, 3.8) is 0 Å². The van der Waals surface area contributed by atoms with Crippen molar-refractivity contribution in [1.82, 2.24) is 0 Å². The van der Waals surface area contributed by atoms with E-state index in [4.69, 9.17) is 16.3 Å². The Morgan fingerprint density at radius 1 is 1.36 bits per heavy atom. The summed E-state index contributed by atoms with van der Waals surface area (Å²) in [6.45, 7) is 3.51. The number of amides is 1. The number of hydrogen-bond acceptors (Lipinski definition) is 5. The van der Waals surface area contributed by atoms with Crippen molar-refractivity contribution in [1.29, 1.82) is 0 Å². The van der Waals surface area contributed by atoms with Crippen LogP contribution < -0.4 is 5.32 Å². The lowest BCUT2D eigenvalue weighted by atomic mass is 9.95. The summed E-state index contributed by atoms with van der Waals surface area (Å²) in [6, 6.07) is 3.86. The van der Waals surface area contributed by atoms with Gasteiger partial charge in [-0.05, 0) is 25.3 Å². The van der Waals surface area contributed by atoms with Crippen LogP contribution in [0.15, 0.2) is 22.9 Å². The smallest absolute Gasteiger partial charge is 0.350 e. The predicted molar refractivity (Wildman–Crippen MR) is 92.1 cm³/mol. The minimum Gasteiger partial charge on any atom is -0.465 e. The third kappa shape index (κ3) is 3.34. The first-order chi connectivity index (χ1) is 10.4. The van der Waals surface area contributed by atoms with Crippen LogP contribution in [0, 0.1) is 5.41 Å². The summed E-state index contributed by atoms with van der Waals surface area (Å²) >= 11 is 8.64. The zero-order valence-electron chi connectivity index (χ0n) is 12.4. The van der Waals surface area contributed by atoms with Gasteiger partial charge in [-0.3, -0.25) is 4.79 Å². The Balaban J connectivity index is 2.45. The normalized spacial score (nSPS) is 11.3. The summed E-state index contributed by atoms with van der Waals surface area (Å²) in [7, 11) is 1.32. The zero-order valence-corrected chi connectivity index (χ0v) is 14.8. The van der Waals surface area contributed by atoms with Crippen LogP contribution in [0.5, 0.6) is 0 Å². The number of rotatable bonds is 5. The number of nitrogens with one attached hydrogen (secondary N) is 1. The first-order valence-electron chi connectivity index (χ1n) is 6.52. The number of carbonyl (C=O) groups is 2. The minimum absolute atomic E-state index is 0.185. The Kier molecular flexibility index (Phi) is 5.26. The zero-order chi connectivity index (χ0) is 16.3. The maximum atomic E-state index is 12.4. The van der Waals surface area contributed by atoms with Crippen molar-refractivity contribution in [3.05, 3.63) is 27.8 Å². The molecule has 0 aromatic carbocycles. The van der Waals surface area contributed by atoms with E-state index in [0.29, 0.717) is 10.6 Å². The number of carbonyl (C=O) groups excluding carboxylic acids is 2. The van der Waals surface area contributed by atoms with E-state index in [-0.39, 0.29) is 11.8 Å². The molecule has 1 N–H and O–H groups in total. The van der Waals surface area contributed by atoms with Crippen LogP contribution in [0.25, 0.3) is 10.4 Å². The summed E-state index contributed by atoms with van der Waals surface area (Å²) in [4.78, 5) is 25.7. The van der Waals surface area contributed by atoms with Gasteiger partial charge in [0.15, 0.2) is 0 Å². The van der Waals surface area contributed by atoms with E-state index in [1.54, 1.807) is 25.2 Å².